The molecular weight excluding hydrogens is 422 g/mol. The first-order valence-corrected chi connectivity index (χ1v) is 10.3. The van der Waals surface area contributed by atoms with Crippen LogP contribution in [0.2, 0.25) is 0 Å². The van der Waals surface area contributed by atoms with Gasteiger partial charge in [0.15, 0.2) is 11.5 Å². The number of carboxylic acid groups (broad SMARTS) is 1. The molecule has 0 N–H and O–H groups in total. The van der Waals surface area contributed by atoms with Crippen molar-refractivity contribution in [1.82, 2.24) is 0 Å². The van der Waals surface area contributed by atoms with Crippen molar-refractivity contribution in [3.05, 3.63) is 77.7 Å². The van der Waals surface area contributed by atoms with Gasteiger partial charge in [-0.25, -0.2) is 4.99 Å². The minimum atomic E-state index is -1.26. The van der Waals surface area contributed by atoms with E-state index in [0.717, 1.165) is 10.9 Å². The number of fused-ring (bicyclic) bond motifs is 1. The SMILES string of the molecule is CCOc1ccc2oc(-c3ccc(OC)c(OC)c3)cc(=Nc3cccc(C(=O)[O-])c3)c2c1. The number of rotatable bonds is 7. The molecular formula is C26H22NO6-. The van der Waals surface area contributed by atoms with Gasteiger partial charge in [0.25, 0.3) is 0 Å². The smallest absolute Gasteiger partial charge is 0.161 e. The van der Waals surface area contributed by atoms with Gasteiger partial charge in [-0.3, -0.25) is 0 Å². The van der Waals surface area contributed by atoms with Gasteiger partial charge in [-0.1, -0.05) is 12.1 Å². The predicted octanol–water partition coefficient (Wildman–Crippen LogP) is 4.11. The fraction of sp³-hybridized carbons (Fsp3) is 0.154. The summed E-state index contributed by atoms with van der Waals surface area (Å²) in [5, 5.41) is 12.6. The van der Waals surface area contributed by atoms with Crippen LogP contribution in [0, 0.1) is 0 Å². The summed E-state index contributed by atoms with van der Waals surface area (Å²) in [6.45, 7) is 2.43. The van der Waals surface area contributed by atoms with Crippen LogP contribution < -0.4 is 24.7 Å². The van der Waals surface area contributed by atoms with Crippen LogP contribution in [0.15, 0.2) is 76.1 Å². The number of hydrogen-bond acceptors (Lipinski definition) is 7. The molecule has 7 nitrogen and oxygen atoms in total. The molecule has 1 aromatic heterocycles. The number of ether oxygens (including phenoxy) is 3. The average molecular weight is 444 g/mol. The van der Waals surface area contributed by atoms with Crippen LogP contribution in [0.3, 0.4) is 0 Å². The van der Waals surface area contributed by atoms with E-state index in [4.69, 9.17) is 23.6 Å². The third-order valence-corrected chi connectivity index (χ3v) is 5.03. The molecule has 168 valence electrons. The Morgan fingerprint density at radius 3 is 2.52 bits per heavy atom. The lowest BCUT2D eigenvalue weighted by molar-refractivity contribution is -0.255. The average Bonchev–Trinajstić information content (AvgIpc) is 2.84. The second-order valence-electron chi connectivity index (χ2n) is 7.11. The summed E-state index contributed by atoms with van der Waals surface area (Å²) in [4.78, 5) is 16.0. The van der Waals surface area contributed by atoms with Gasteiger partial charge in [-0.05, 0) is 61.0 Å². The van der Waals surface area contributed by atoms with Crippen molar-refractivity contribution in [2.24, 2.45) is 4.99 Å². The van der Waals surface area contributed by atoms with E-state index in [-0.39, 0.29) is 5.56 Å². The molecule has 0 fully saturated rings. The Hall–Kier alpha value is -4.26. The number of carbonyl (C=O) groups is 1. The predicted molar refractivity (Wildman–Crippen MR) is 122 cm³/mol. The van der Waals surface area contributed by atoms with Crippen molar-refractivity contribution in [1.29, 1.82) is 0 Å². The Morgan fingerprint density at radius 2 is 1.79 bits per heavy atom. The zero-order chi connectivity index (χ0) is 23.4. The van der Waals surface area contributed by atoms with Crippen molar-refractivity contribution in [2.75, 3.05) is 20.8 Å². The maximum atomic E-state index is 11.3. The number of methoxy groups -OCH3 is 2. The number of carbonyl (C=O) groups excluding carboxylic acids is 1. The molecule has 0 spiro atoms. The molecule has 0 amide bonds. The highest BCUT2D eigenvalue weighted by molar-refractivity contribution is 5.87. The lowest BCUT2D eigenvalue weighted by Gasteiger charge is -2.11. The Balaban J connectivity index is 1.95. The van der Waals surface area contributed by atoms with Crippen LogP contribution in [0.25, 0.3) is 22.3 Å². The Morgan fingerprint density at radius 1 is 0.970 bits per heavy atom. The van der Waals surface area contributed by atoms with Gasteiger partial charge in [-0.2, -0.15) is 0 Å². The normalized spacial score (nSPS) is 11.4. The van der Waals surface area contributed by atoms with E-state index < -0.39 is 5.97 Å². The maximum Gasteiger partial charge on any atom is 0.161 e. The quantitative estimate of drug-likeness (QED) is 0.426. The summed E-state index contributed by atoms with van der Waals surface area (Å²) < 4.78 is 22.6. The molecule has 0 aliphatic rings. The largest absolute Gasteiger partial charge is 0.545 e. The number of aromatic carboxylic acids is 1. The van der Waals surface area contributed by atoms with E-state index in [9.17, 15) is 9.90 Å². The molecule has 7 heteroatoms. The molecule has 0 bridgehead atoms. The number of hydrogen-bond donors (Lipinski definition) is 0. The van der Waals surface area contributed by atoms with Crippen molar-refractivity contribution >= 4 is 22.6 Å². The third kappa shape index (κ3) is 4.67. The number of benzene rings is 3. The zero-order valence-corrected chi connectivity index (χ0v) is 18.5. The van der Waals surface area contributed by atoms with Crippen LogP contribution in [0.4, 0.5) is 5.69 Å². The first-order valence-electron chi connectivity index (χ1n) is 10.3. The molecule has 0 atom stereocenters. The van der Waals surface area contributed by atoms with E-state index in [1.807, 2.05) is 37.3 Å². The molecule has 1 heterocycles. The molecule has 33 heavy (non-hydrogen) atoms. The molecule has 0 unspecified atom stereocenters. The highest BCUT2D eigenvalue weighted by atomic mass is 16.5. The molecule has 0 radical (unpaired) electrons. The van der Waals surface area contributed by atoms with Crippen LogP contribution in [0.1, 0.15) is 17.3 Å². The van der Waals surface area contributed by atoms with Gasteiger partial charge in [0.2, 0.25) is 0 Å². The van der Waals surface area contributed by atoms with Gasteiger partial charge in [-0.15, -0.1) is 0 Å². The molecule has 4 aromatic rings. The highest BCUT2D eigenvalue weighted by Crippen LogP contribution is 2.33. The van der Waals surface area contributed by atoms with Crippen molar-refractivity contribution in [3.63, 3.8) is 0 Å². The fourth-order valence-electron chi connectivity index (χ4n) is 3.47. The van der Waals surface area contributed by atoms with E-state index in [1.165, 1.54) is 12.1 Å². The molecule has 0 saturated heterocycles. The minimum absolute atomic E-state index is 0.0521. The van der Waals surface area contributed by atoms with E-state index >= 15 is 0 Å². The maximum absolute atomic E-state index is 11.3. The monoisotopic (exact) mass is 444 g/mol. The zero-order valence-electron chi connectivity index (χ0n) is 18.5. The Labute approximate surface area is 190 Å². The second kappa shape index (κ2) is 9.48. The lowest BCUT2D eigenvalue weighted by atomic mass is 10.1. The summed E-state index contributed by atoms with van der Waals surface area (Å²) in [5.41, 5.74) is 1.89. The molecule has 0 aliphatic heterocycles. The van der Waals surface area contributed by atoms with Crippen LogP contribution in [0.5, 0.6) is 17.2 Å². The van der Waals surface area contributed by atoms with Crippen molar-refractivity contribution in [3.8, 4) is 28.6 Å². The number of carboxylic acids is 1. The van der Waals surface area contributed by atoms with Gasteiger partial charge in [0.05, 0.1) is 37.8 Å². The van der Waals surface area contributed by atoms with Gasteiger partial charge in [0.1, 0.15) is 17.1 Å². The Bertz CT molecular complexity index is 1390. The first kappa shape index (κ1) is 22.0. The lowest BCUT2D eigenvalue weighted by Crippen LogP contribution is -2.21. The van der Waals surface area contributed by atoms with Crippen LogP contribution >= 0.6 is 0 Å². The summed E-state index contributed by atoms with van der Waals surface area (Å²) in [7, 11) is 3.14. The van der Waals surface area contributed by atoms with E-state index in [0.29, 0.717) is 46.2 Å². The van der Waals surface area contributed by atoms with Crippen LogP contribution in [-0.2, 0) is 0 Å². The van der Waals surface area contributed by atoms with Crippen LogP contribution in [-0.4, -0.2) is 26.8 Å². The summed E-state index contributed by atoms with van der Waals surface area (Å²) in [6, 6.07) is 19.1. The third-order valence-electron chi connectivity index (χ3n) is 5.03. The highest BCUT2D eigenvalue weighted by Gasteiger charge is 2.11. The Kier molecular flexibility index (Phi) is 6.31. The minimum Gasteiger partial charge on any atom is -0.545 e. The van der Waals surface area contributed by atoms with Gasteiger partial charge >= 0.3 is 0 Å². The second-order valence-corrected chi connectivity index (χ2v) is 7.11. The van der Waals surface area contributed by atoms with Crippen molar-refractivity contribution < 1.29 is 28.5 Å². The summed E-state index contributed by atoms with van der Waals surface area (Å²) in [6.07, 6.45) is 0. The summed E-state index contributed by atoms with van der Waals surface area (Å²) >= 11 is 0. The fourth-order valence-corrected chi connectivity index (χ4v) is 3.47. The van der Waals surface area contributed by atoms with E-state index in [1.54, 1.807) is 38.5 Å². The standard InChI is InChI=1S/C26H23NO6/c1-4-32-19-9-11-22-20(14-19)21(27-18-7-5-6-17(12-18)26(28)29)15-24(33-22)16-8-10-23(30-2)25(13-16)31-3/h5-15H,4H2,1-3H3,(H,28,29)/p-1. The molecule has 3 aromatic carbocycles. The molecule has 0 saturated carbocycles. The van der Waals surface area contributed by atoms with Gasteiger partial charge in [0, 0.05) is 17.0 Å². The molecule has 0 aliphatic carbocycles. The van der Waals surface area contributed by atoms with Crippen molar-refractivity contribution in [2.45, 2.75) is 6.92 Å². The van der Waals surface area contributed by atoms with Gasteiger partial charge < -0.3 is 28.5 Å². The first-order chi connectivity index (χ1) is 16.0. The number of nitrogens with zero attached hydrogens (tertiary/aromatic N) is 1. The topological polar surface area (TPSA) is 93.3 Å². The molecule has 4 rings (SSSR count). The van der Waals surface area contributed by atoms with E-state index in [2.05, 4.69) is 0 Å². The summed E-state index contributed by atoms with van der Waals surface area (Å²) in [5.74, 6) is 1.15.